The van der Waals surface area contributed by atoms with E-state index in [1.807, 2.05) is 6.07 Å². The maximum Gasteiger partial charge on any atom is 0.170 e. The Balaban J connectivity index is 2.21. The number of nitrogens with zero attached hydrogens (tertiary/aromatic N) is 2. The summed E-state index contributed by atoms with van der Waals surface area (Å²) in [4.78, 5) is 2.15. The minimum atomic E-state index is -0.252. The Morgan fingerprint density at radius 3 is 2.95 bits per heavy atom. The molecule has 0 saturated carbocycles. The van der Waals surface area contributed by atoms with Crippen molar-refractivity contribution >= 4 is 5.84 Å². The van der Waals surface area contributed by atoms with Crippen LogP contribution in [-0.2, 0) is 6.54 Å². The molecule has 1 aromatic carbocycles. The minimum Gasteiger partial charge on any atom is -0.496 e. The molecule has 0 radical (unpaired) electrons. The third-order valence-electron chi connectivity index (χ3n) is 3.33. The van der Waals surface area contributed by atoms with Gasteiger partial charge in [0.1, 0.15) is 5.75 Å². The number of amidine groups is 1. The summed E-state index contributed by atoms with van der Waals surface area (Å²) in [5, 5.41) is 21.3. The second-order valence-corrected chi connectivity index (χ2v) is 4.69. The molecule has 1 fully saturated rings. The molecule has 1 unspecified atom stereocenters. The summed E-state index contributed by atoms with van der Waals surface area (Å²) >= 11 is 0. The second-order valence-electron chi connectivity index (χ2n) is 4.69. The van der Waals surface area contributed by atoms with E-state index in [4.69, 9.17) is 15.7 Å². The number of rotatable bonds is 4. The molecule has 1 aliphatic heterocycles. The molecular weight excluding hydrogens is 246 g/mol. The van der Waals surface area contributed by atoms with Gasteiger partial charge in [0.25, 0.3) is 0 Å². The van der Waals surface area contributed by atoms with Gasteiger partial charge in [0, 0.05) is 30.8 Å². The van der Waals surface area contributed by atoms with Crippen molar-refractivity contribution in [1.29, 1.82) is 0 Å². The van der Waals surface area contributed by atoms with E-state index in [1.54, 1.807) is 19.2 Å². The van der Waals surface area contributed by atoms with Gasteiger partial charge in [-0.15, -0.1) is 0 Å². The van der Waals surface area contributed by atoms with E-state index in [1.165, 1.54) is 0 Å². The fourth-order valence-electron chi connectivity index (χ4n) is 2.32. The third-order valence-corrected chi connectivity index (χ3v) is 3.33. The van der Waals surface area contributed by atoms with E-state index < -0.39 is 0 Å². The van der Waals surface area contributed by atoms with Gasteiger partial charge < -0.3 is 20.8 Å². The van der Waals surface area contributed by atoms with Crippen molar-refractivity contribution in [1.82, 2.24) is 4.90 Å². The number of methoxy groups -OCH3 is 1. The quantitative estimate of drug-likeness (QED) is 0.316. The van der Waals surface area contributed by atoms with Crippen LogP contribution >= 0.6 is 0 Å². The number of likely N-dealkylation sites (tertiary alicyclic amines) is 1. The van der Waals surface area contributed by atoms with E-state index in [-0.39, 0.29) is 11.9 Å². The third kappa shape index (κ3) is 3.15. The highest BCUT2D eigenvalue weighted by Crippen LogP contribution is 2.23. The normalized spacial score (nSPS) is 20.7. The number of hydrogen-bond acceptors (Lipinski definition) is 5. The molecule has 1 saturated heterocycles. The lowest BCUT2D eigenvalue weighted by molar-refractivity contribution is 0.174. The maximum atomic E-state index is 9.54. The van der Waals surface area contributed by atoms with Crippen LogP contribution in [0.1, 0.15) is 17.5 Å². The zero-order valence-electron chi connectivity index (χ0n) is 10.9. The fourth-order valence-corrected chi connectivity index (χ4v) is 2.32. The first-order valence-electron chi connectivity index (χ1n) is 6.19. The van der Waals surface area contributed by atoms with Crippen LogP contribution < -0.4 is 10.5 Å². The van der Waals surface area contributed by atoms with Gasteiger partial charge in [0.15, 0.2) is 5.84 Å². The van der Waals surface area contributed by atoms with Crippen molar-refractivity contribution < 1.29 is 15.1 Å². The first kappa shape index (κ1) is 13.6. The molecule has 6 nitrogen and oxygen atoms in total. The molecule has 19 heavy (non-hydrogen) atoms. The lowest BCUT2D eigenvalue weighted by atomic mass is 10.1. The lowest BCUT2D eigenvalue weighted by Crippen LogP contribution is -2.22. The SMILES string of the molecule is COc1ccc(/C(N)=N/O)cc1CN1CCC(O)C1. The van der Waals surface area contributed by atoms with Crippen LogP contribution in [0.4, 0.5) is 0 Å². The van der Waals surface area contributed by atoms with Crippen LogP contribution in [0.5, 0.6) is 5.75 Å². The monoisotopic (exact) mass is 265 g/mol. The largest absolute Gasteiger partial charge is 0.496 e. The van der Waals surface area contributed by atoms with E-state index in [2.05, 4.69) is 10.1 Å². The van der Waals surface area contributed by atoms with Crippen molar-refractivity contribution in [2.24, 2.45) is 10.9 Å². The molecule has 0 aromatic heterocycles. The summed E-state index contributed by atoms with van der Waals surface area (Å²) in [6, 6.07) is 5.39. The fraction of sp³-hybridized carbons (Fsp3) is 0.462. The molecule has 0 amide bonds. The summed E-state index contributed by atoms with van der Waals surface area (Å²) in [5.74, 6) is 0.834. The summed E-state index contributed by atoms with van der Waals surface area (Å²) in [7, 11) is 1.61. The van der Waals surface area contributed by atoms with Gasteiger partial charge in [-0.05, 0) is 24.6 Å². The standard InChI is InChI=1S/C13H19N3O3/c1-19-12-3-2-9(13(14)15-18)6-10(12)7-16-5-4-11(17)8-16/h2-3,6,11,17-18H,4-5,7-8H2,1H3,(H2,14,15). The number of nitrogens with two attached hydrogens (primary N) is 1. The Bertz CT molecular complexity index is 476. The average Bonchev–Trinajstić information content (AvgIpc) is 2.83. The summed E-state index contributed by atoms with van der Waals surface area (Å²) in [6.45, 7) is 2.20. The number of hydrogen-bond donors (Lipinski definition) is 3. The molecular formula is C13H19N3O3. The molecule has 6 heteroatoms. The van der Waals surface area contributed by atoms with E-state index in [9.17, 15) is 5.11 Å². The molecule has 1 heterocycles. The number of benzene rings is 1. The predicted molar refractivity (Wildman–Crippen MR) is 71.4 cm³/mol. The predicted octanol–water partition coefficient (Wildman–Crippen LogP) is 0.356. The summed E-state index contributed by atoms with van der Waals surface area (Å²) < 4.78 is 5.32. The molecule has 1 atom stereocenters. The number of oxime groups is 1. The Hall–Kier alpha value is -1.79. The topological polar surface area (TPSA) is 91.3 Å². The van der Waals surface area contributed by atoms with Crippen LogP contribution in [0.25, 0.3) is 0 Å². The van der Waals surface area contributed by atoms with Gasteiger partial charge >= 0.3 is 0 Å². The van der Waals surface area contributed by atoms with Crippen molar-refractivity contribution in [3.05, 3.63) is 29.3 Å². The Kier molecular flexibility index (Phi) is 4.24. The molecule has 1 aromatic rings. The van der Waals surface area contributed by atoms with Gasteiger partial charge in [0.05, 0.1) is 13.2 Å². The van der Waals surface area contributed by atoms with Gasteiger partial charge in [-0.2, -0.15) is 0 Å². The number of ether oxygens (including phenoxy) is 1. The van der Waals surface area contributed by atoms with Crippen LogP contribution in [0.2, 0.25) is 0 Å². The highest BCUT2D eigenvalue weighted by Gasteiger charge is 2.21. The summed E-state index contributed by atoms with van der Waals surface area (Å²) in [6.07, 6.45) is 0.542. The molecule has 2 rings (SSSR count). The number of β-amino-alcohol motifs (C(OH)–C–C–N with tert-alkyl or cyclic N) is 1. The van der Waals surface area contributed by atoms with Crippen LogP contribution in [-0.4, -0.2) is 47.4 Å². The Morgan fingerprint density at radius 2 is 2.37 bits per heavy atom. The zero-order chi connectivity index (χ0) is 13.8. The van der Waals surface area contributed by atoms with E-state index in [0.717, 1.165) is 24.3 Å². The van der Waals surface area contributed by atoms with Gasteiger partial charge in [0.2, 0.25) is 0 Å². The van der Waals surface area contributed by atoms with Crippen LogP contribution in [0.3, 0.4) is 0 Å². The van der Waals surface area contributed by atoms with E-state index >= 15 is 0 Å². The van der Waals surface area contributed by atoms with E-state index in [0.29, 0.717) is 18.7 Å². The first-order valence-corrected chi connectivity index (χ1v) is 6.19. The lowest BCUT2D eigenvalue weighted by Gasteiger charge is -2.17. The molecule has 4 N–H and O–H groups in total. The first-order chi connectivity index (χ1) is 9.13. The molecule has 0 bridgehead atoms. The number of aliphatic hydroxyl groups is 1. The molecule has 0 spiro atoms. The van der Waals surface area contributed by atoms with Crippen molar-refractivity contribution in [2.45, 2.75) is 19.1 Å². The van der Waals surface area contributed by atoms with Crippen molar-refractivity contribution in [3.63, 3.8) is 0 Å². The maximum absolute atomic E-state index is 9.54. The smallest absolute Gasteiger partial charge is 0.170 e. The van der Waals surface area contributed by atoms with Gasteiger partial charge in [-0.25, -0.2) is 0 Å². The van der Waals surface area contributed by atoms with Crippen molar-refractivity contribution in [3.8, 4) is 5.75 Å². The van der Waals surface area contributed by atoms with Crippen LogP contribution in [0.15, 0.2) is 23.4 Å². The molecule has 1 aliphatic rings. The van der Waals surface area contributed by atoms with Crippen LogP contribution in [0, 0.1) is 0 Å². The Morgan fingerprint density at radius 1 is 1.58 bits per heavy atom. The minimum absolute atomic E-state index is 0.0744. The molecule has 0 aliphatic carbocycles. The van der Waals surface area contributed by atoms with Gasteiger partial charge in [-0.3, -0.25) is 4.90 Å². The second kappa shape index (κ2) is 5.90. The van der Waals surface area contributed by atoms with Gasteiger partial charge in [-0.1, -0.05) is 5.16 Å². The number of aliphatic hydroxyl groups excluding tert-OH is 1. The van der Waals surface area contributed by atoms with Crippen molar-refractivity contribution in [2.75, 3.05) is 20.2 Å². The Labute approximate surface area is 112 Å². The molecule has 104 valence electrons. The average molecular weight is 265 g/mol. The highest BCUT2D eigenvalue weighted by molar-refractivity contribution is 5.97. The zero-order valence-corrected chi connectivity index (χ0v) is 10.9. The summed E-state index contributed by atoms with van der Waals surface area (Å²) in [5.41, 5.74) is 7.20. The highest BCUT2D eigenvalue weighted by atomic mass is 16.5.